The third-order valence-corrected chi connectivity index (χ3v) is 8.07. The molecule has 4 N–H and O–H groups in total. The number of ether oxygens (including phenoxy) is 2. The topological polar surface area (TPSA) is 135 Å². The maximum Gasteiger partial charge on any atom is 0.407 e. The van der Waals surface area contributed by atoms with Gasteiger partial charge < -0.3 is 30.7 Å². The number of hydrogen-bond acceptors (Lipinski definition) is 6. The Morgan fingerprint density at radius 2 is 1.43 bits per heavy atom. The molecule has 4 amide bonds. The van der Waals surface area contributed by atoms with Crippen LogP contribution in [-0.2, 0) is 20.8 Å². The van der Waals surface area contributed by atoms with Gasteiger partial charge in [0, 0.05) is 24.0 Å². The summed E-state index contributed by atoms with van der Waals surface area (Å²) >= 11 is 6.25. The van der Waals surface area contributed by atoms with Crippen LogP contribution < -0.4 is 21.3 Å². The van der Waals surface area contributed by atoms with Gasteiger partial charge in [-0.2, -0.15) is 0 Å². The van der Waals surface area contributed by atoms with Crippen molar-refractivity contribution in [2.24, 2.45) is 0 Å². The Bertz CT molecular complexity index is 1780. The molecule has 0 heterocycles. The average molecular weight is 683 g/mol. The monoisotopic (exact) mass is 682 g/mol. The molecular weight excluding hydrogens is 644 g/mol. The van der Waals surface area contributed by atoms with Crippen LogP contribution in [0.15, 0.2) is 97.1 Å². The first-order chi connectivity index (χ1) is 23.5. The number of fused-ring (bicyclic) bond motifs is 3. The maximum atomic E-state index is 13.7. The van der Waals surface area contributed by atoms with Gasteiger partial charge in [-0.15, -0.1) is 0 Å². The highest BCUT2D eigenvalue weighted by molar-refractivity contribution is 6.31. The Balaban J connectivity index is 1.28. The summed E-state index contributed by atoms with van der Waals surface area (Å²) < 4.78 is 11.0. The standard InChI is InChI=1S/C38H39ClN4O6/c1-38(2,3)49-36(46)40-20-19-32(43-37(47)48-23-31-28-15-9-7-13-26(28)27-14-8-10-16-29(27)31)35(45)42-33-21-25(39)17-18-30(33)34(44)41-22-24-11-5-4-6-12-24/h4-18,21,31-32H,19-20,22-23H2,1-3H3,(H,40,46)(H,41,44)(H,42,45)(H,43,47). The van der Waals surface area contributed by atoms with Crippen LogP contribution in [0.5, 0.6) is 0 Å². The fraction of sp³-hybridized carbons (Fsp3) is 0.263. The second-order valence-corrected chi connectivity index (χ2v) is 13.0. The quantitative estimate of drug-likeness (QED) is 0.134. The highest BCUT2D eigenvalue weighted by atomic mass is 35.5. The van der Waals surface area contributed by atoms with Crippen molar-refractivity contribution in [1.29, 1.82) is 0 Å². The van der Waals surface area contributed by atoms with E-state index in [0.29, 0.717) is 5.02 Å². The van der Waals surface area contributed by atoms with Crippen molar-refractivity contribution in [3.8, 4) is 11.1 Å². The van der Waals surface area contributed by atoms with Crippen molar-refractivity contribution < 1.29 is 28.7 Å². The molecule has 0 aliphatic heterocycles. The Morgan fingerprint density at radius 3 is 2.08 bits per heavy atom. The van der Waals surface area contributed by atoms with Crippen molar-refractivity contribution in [3.63, 3.8) is 0 Å². The number of amides is 4. The molecule has 4 aromatic carbocycles. The van der Waals surface area contributed by atoms with Crippen LogP contribution in [0, 0.1) is 0 Å². The highest BCUT2D eigenvalue weighted by Gasteiger charge is 2.30. The van der Waals surface area contributed by atoms with E-state index in [4.69, 9.17) is 21.1 Å². The van der Waals surface area contributed by atoms with Gasteiger partial charge in [-0.25, -0.2) is 9.59 Å². The van der Waals surface area contributed by atoms with Crippen LogP contribution >= 0.6 is 11.6 Å². The van der Waals surface area contributed by atoms with E-state index in [1.54, 1.807) is 26.8 Å². The second kappa shape index (κ2) is 15.7. The zero-order chi connectivity index (χ0) is 35.0. The lowest BCUT2D eigenvalue weighted by Gasteiger charge is -2.22. The Hall–Kier alpha value is -5.35. The zero-order valence-electron chi connectivity index (χ0n) is 27.5. The lowest BCUT2D eigenvalue weighted by molar-refractivity contribution is -0.118. The minimum absolute atomic E-state index is 0.00335. The molecule has 4 aromatic rings. The first-order valence-corrected chi connectivity index (χ1v) is 16.4. The molecule has 0 saturated heterocycles. The van der Waals surface area contributed by atoms with Gasteiger partial charge in [0.25, 0.3) is 5.91 Å². The molecule has 254 valence electrons. The van der Waals surface area contributed by atoms with Gasteiger partial charge in [0.1, 0.15) is 18.2 Å². The lowest BCUT2D eigenvalue weighted by atomic mass is 9.98. The molecule has 10 nitrogen and oxygen atoms in total. The third kappa shape index (κ3) is 9.39. The van der Waals surface area contributed by atoms with Gasteiger partial charge >= 0.3 is 12.2 Å². The molecule has 0 aromatic heterocycles. The number of alkyl carbamates (subject to hydrolysis) is 2. The molecule has 0 radical (unpaired) electrons. The van der Waals surface area contributed by atoms with Crippen LogP contribution in [0.3, 0.4) is 0 Å². The fourth-order valence-corrected chi connectivity index (χ4v) is 5.77. The van der Waals surface area contributed by atoms with E-state index in [9.17, 15) is 19.2 Å². The minimum Gasteiger partial charge on any atom is -0.449 e. The number of halogens is 1. The number of nitrogens with one attached hydrogen (secondary N) is 4. The number of hydrogen-bond donors (Lipinski definition) is 4. The Kier molecular flexibility index (Phi) is 11.2. The van der Waals surface area contributed by atoms with E-state index in [0.717, 1.165) is 27.8 Å². The van der Waals surface area contributed by atoms with E-state index in [-0.39, 0.29) is 43.3 Å². The maximum absolute atomic E-state index is 13.7. The first-order valence-electron chi connectivity index (χ1n) is 16.0. The first kappa shape index (κ1) is 35.0. The van der Waals surface area contributed by atoms with Crippen LogP contribution in [0.25, 0.3) is 11.1 Å². The number of carbonyl (C=O) groups is 4. The average Bonchev–Trinajstić information content (AvgIpc) is 3.39. The smallest absolute Gasteiger partial charge is 0.407 e. The lowest BCUT2D eigenvalue weighted by Crippen LogP contribution is -2.46. The molecule has 0 saturated carbocycles. The SMILES string of the molecule is CC(C)(C)OC(=O)NCCC(NC(=O)OCC1c2ccccc2-c2ccccc21)C(=O)Nc1cc(Cl)ccc1C(=O)NCc1ccccc1. The fourth-order valence-electron chi connectivity index (χ4n) is 5.60. The molecule has 49 heavy (non-hydrogen) atoms. The predicted octanol–water partition coefficient (Wildman–Crippen LogP) is 7.03. The molecule has 11 heteroatoms. The summed E-state index contributed by atoms with van der Waals surface area (Å²) in [6.45, 7) is 5.53. The van der Waals surface area contributed by atoms with Gasteiger partial charge in [-0.1, -0.05) is 90.5 Å². The Morgan fingerprint density at radius 1 is 0.796 bits per heavy atom. The number of benzene rings is 4. The number of rotatable bonds is 11. The van der Waals surface area contributed by atoms with Gasteiger partial charge in [0.05, 0.1) is 11.3 Å². The van der Waals surface area contributed by atoms with Gasteiger partial charge in [-0.3, -0.25) is 9.59 Å². The van der Waals surface area contributed by atoms with E-state index in [1.807, 2.05) is 78.9 Å². The minimum atomic E-state index is -1.16. The van der Waals surface area contributed by atoms with E-state index >= 15 is 0 Å². The zero-order valence-corrected chi connectivity index (χ0v) is 28.3. The molecular formula is C38H39ClN4O6. The van der Waals surface area contributed by atoms with Gasteiger partial charge in [-0.05, 0) is 73.2 Å². The molecule has 0 fully saturated rings. The van der Waals surface area contributed by atoms with Crippen LogP contribution in [0.1, 0.15) is 60.2 Å². The molecule has 0 spiro atoms. The molecule has 1 aliphatic rings. The molecule has 0 bridgehead atoms. The second-order valence-electron chi connectivity index (χ2n) is 12.6. The molecule has 1 atom stereocenters. The third-order valence-electron chi connectivity index (χ3n) is 7.83. The Labute approximate surface area is 290 Å². The van der Waals surface area contributed by atoms with Crippen LogP contribution in [0.2, 0.25) is 5.02 Å². The summed E-state index contributed by atoms with van der Waals surface area (Å²) in [5.74, 6) is -1.25. The van der Waals surface area contributed by atoms with Gasteiger partial charge in [0.2, 0.25) is 5.91 Å². The van der Waals surface area contributed by atoms with Crippen molar-refractivity contribution in [2.45, 2.75) is 51.3 Å². The molecule has 1 unspecified atom stereocenters. The normalized spacial score (nSPS) is 12.6. The van der Waals surface area contributed by atoms with Crippen molar-refractivity contribution >= 4 is 41.3 Å². The summed E-state index contributed by atoms with van der Waals surface area (Å²) in [5.41, 5.74) is 4.79. The van der Waals surface area contributed by atoms with Crippen LogP contribution in [0.4, 0.5) is 15.3 Å². The summed E-state index contributed by atoms with van der Waals surface area (Å²) in [6.07, 6.45) is -1.49. The van der Waals surface area contributed by atoms with E-state index in [2.05, 4.69) is 21.3 Å². The van der Waals surface area contributed by atoms with Crippen LogP contribution in [-0.4, -0.2) is 48.8 Å². The molecule has 5 rings (SSSR count). The summed E-state index contributed by atoms with van der Waals surface area (Å²) in [7, 11) is 0. The summed E-state index contributed by atoms with van der Waals surface area (Å²) in [4.78, 5) is 52.4. The largest absolute Gasteiger partial charge is 0.449 e. The number of anilines is 1. The van der Waals surface area contributed by atoms with Crippen molar-refractivity contribution in [2.75, 3.05) is 18.5 Å². The predicted molar refractivity (Wildman–Crippen MR) is 189 cm³/mol. The number of carbonyl (C=O) groups excluding carboxylic acids is 4. The van der Waals surface area contributed by atoms with Crippen molar-refractivity contribution in [1.82, 2.24) is 16.0 Å². The van der Waals surface area contributed by atoms with E-state index in [1.165, 1.54) is 12.1 Å². The van der Waals surface area contributed by atoms with Gasteiger partial charge in [0.15, 0.2) is 0 Å². The highest BCUT2D eigenvalue weighted by Crippen LogP contribution is 2.44. The molecule has 1 aliphatic carbocycles. The summed E-state index contributed by atoms with van der Waals surface area (Å²) in [5, 5.41) is 11.1. The summed E-state index contributed by atoms with van der Waals surface area (Å²) in [6, 6.07) is 28.7. The van der Waals surface area contributed by atoms with E-state index < -0.39 is 35.6 Å². The van der Waals surface area contributed by atoms with Crippen molar-refractivity contribution in [3.05, 3.63) is 124 Å².